The summed E-state index contributed by atoms with van der Waals surface area (Å²) < 4.78 is 65.2. The molecule has 0 radical (unpaired) electrons. The molecule has 2 aromatic carbocycles. The van der Waals surface area contributed by atoms with Crippen molar-refractivity contribution in [2.24, 2.45) is 0 Å². The van der Waals surface area contributed by atoms with E-state index in [1.54, 1.807) is 13.0 Å². The third-order valence-electron chi connectivity index (χ3n) is 2.95. The molecule has 24 heavy (non-hydrogen) atoms. The van der Waals surface area contributed by atoms with Gasteiger partial charge in [0.1, 0.15) is 10.7 Å². The van der Waals surface area contributed by atoms with Crippen molar-refractivity contribution in [3.8, 4) is 0 Å². The second-order valence-electron chi connectivity index (χ2n) is 5.09. The van der Waals surface area contributed by atoms with E-state index >= 15 is 0 Å². The number of sulfonamides is 2. The Kier molecular flexibility index (Phi) is 5.07. The van der Waals surface area contributed by atoms with Gasteiger partial charge in [0.15, 0.2) is 0 Å². The lowest BCUT2D eigenvalue weighted by atomic mass is 10.2. The third kappa shape index (κ3) is 4.59. The molecule has 2 aromatic rings. The van der Waals surface area contributed by atoms with Crippen LogP contribution in [0.4, 0.5) is 15.8 Å². The first kappa shape index (κ1) is 18.5. The molecule has 10 heteroatoms. The SMILES string of the molecule is Cc1ccc(NS(=O)(=O)c2ccc(NS(C)(=O)=O)cc2F)cc1Cl. The lowest BCUT2D eigenvalue weighted by molar-refractivity contribution is 0.571. The van der Waals surface area contributed by atoms with E-state index in [9.17, 15) is 21.2 Å². The summed E-state index contributed by atoms with van der Waals surface area (Å²) >= 11 is 5.93. The summed E-state index contributed by atoms with van der Waals surface area (Å²) in [7, 11) is -7.79. The van der Waals surface area contributed by atoms with Crippen molar-refractivity contribution in [2.75, 3.05) is 15.7 Å². The number of hydrogen-bond acceptors (Lipinski definition) is 4. The lowest BCUT2D eigenvalue weighted by Gasteiger charge is -2.11. The average molecular weight is 393 g/mol. The molecule has 0 saturated heterocycles. The van der Waals surface area contributed by atoms with Gasteiger partial charge in [-0.1, -0.05) is 17.7 Å². The van der Waals surface area contributed by atoms with Gasteiger partial charge in [-0.25, -0.2) is 21.2 Å². The number of aryl methyl sites for hydroxylation is 1. The largest absolute Gasteiger partial charge is 0.284 e. The van der Waals surface area contributed by atoms with Crippen LogP contribution < -0.4 is 9.44 Å². The van der Waals surface area contributed by atoms with Crippen LogP contribution in [-0.4, -0.2) is 23.1 Å². The van der Waals surface area contributed by atoms with Gasteiger partial charge in [-0.15, -0.1) is 0 Å². The minimum absolute atomic E-state index is 0.0765. The lowest BCUT2D eigenvalue weighted by Crippen LogP contribution is -2.15. The molecular formula is C14H14ClFN2O4S2. The number of benzene rings is 2. The predicted octanol–water partition coefficient (Wildman–Crippen LogP) is 2.96. The van der Waals surface area contributed by atoms with E-state index in [2.05, 4.69) is 9.44 Å². The van der Waals surface area contributed by atoms with Crippen LogP contribution in [0.1, 0.15) is 5.56 Å². The normalized spacial score (nSPS) is 12.0. The highest BCUT2D eigenvalue weighted by molar-refractivity contribution is 7.92. The van der Waals surface area contributed by atoms with Gasteiger partial charge in [0.25, 0.3) is 10.0 Å². The maximum Gasteiger partial charge on any atom is 0.264 e. The molecule has 130 valence electrons. The van der Waals surface area contributed by atoms with Crippen LogP contribution >= 0.6 is 11.6 Å². The van der Waals surface area contributed by atoms with E-state index in [-0.39, 0.29) is 11.4 Å². The van der Waals surface area contributed by atoms with Crippen LogP contribution in [0, 0.1) is 12.7 Å². The van der Waals surface area contributed by atoms with Crippen molar-refractivity contribution >= 4 is 43.0 Å². The summed E-state index contributed by atoms with van der Waals surface area (Å²) in [5, 5.41) is 0.364. The number of anilines is 2. The summed E-state index contributed by atoms with van der Waals surface area (Å²) in [6.45, 7) is 1.76. The van der Waals surface area contributed by atoms with Crippen molar-refractivity contribution in [3.05, 3.63) is 52.8 Å². The van der Waals surface area contributed by atoms with Crippen LogP contribution in [0.5, 0.6) is 0 Å². The standard InChI is InChI=1S/C14H14ClFN2O4S2/c1-9-3-4-10(7-12(9)15)18-24(21,22)14-6-5-11(8-13(14)16)17-23(2,19)20/h3-8,17-18H,1-2H3. The molecule has 2 N–H and O–H groups in total. The molecule has 6 nitrogen and oxygen atoms in total. The summed E-state index contributed by atoms with van der Waals surface area (Å²) in [6, 6.07) is 7.44. The zero-order chi connectivity index (χ0) is 18.1. The average Bonchev–Trinajstić information content (AvgIpc) is 2.40. The molecule has 0 unspecified atom stereocenters. The smallest absolute Gasteiger partial charge is 0.264 e. The molecule has 0 aliphatic rings. The molecule has 0 bridgehead atoms. The Morgan fingerprint density at radius 2 is 1.54 bits per heavy atom. The van der Waals surface area contributed by atoms with Gasteiger partial charge in [0.2, 0.25) is 10.0 Å². The highest BCUT2D eigenvalue weighted by atomic mass is 35.5. The van der Waals surface area contributed by atoms with Gasteiger partial charge >= 0.3 is 0 Å². The summed E-state index contributed by atoms with van der Waals surface area (Å²) in [5.41, 5.74) is 0.873. The number of rotatable bonds is 5. The van der Waals surface area contributed by atoms with E-state index in [0.717, 1.165) is 30.0 Å². The second-order valence-corrected chi connectivity index (χ2v) is 8.90. The highest BCUT2D eigenvalue weighted by Crippen LogP contribution is 2.25. The molecule has 0 aromatic heterocycles. The molecule has 0 fully saturated rings. The molecular weight excluding hydrogens is 379 g/mol. The zero-order valence-corrected chi connectivity index (χ0v) is 15.1. The van der Waals surface area contributed by atoms with Crippen molar-refractivity contribution in [2.45, 2.75) is 11.8 Å². The van der Waals surface area contributed by atoms with E-state index in [1.165, 1.54) is 12.1 Å². The van der Waals surface area contributed by atoms with Gasteiger partial charge in [0, 0.05) is 5.02 Å². The minimum Gasteiger partial charge on any atom is -0.284 e. The third-order valence-corrected chi connectivity index (χ3v) is 5.38. The van der Waals surface area contributed by atoms with Crippen molar-refractivity contribution in [3.63, 3.8) is 0 Å². The van der Waals surface area contributed by atoms with Gasteiger partial charge in [-0.2, -0.15) is 0 Å². The van der Waals surface area contributed by atoms with Crippen LogP contribution in [0.25, 0.3) is 0 Å². The first-order chi connectivity index (χ1) is 11.0. The van der Waals surface area contributed by atoms with E-state index in [0.29, 0.717) is 5.02 Å². The fourth-order valence-corrected chi connectivity index (χ4v) is 3.71. The zero-order valence-electron chi connectivity index (χ0n) is 12.7. The van der Waals surface area contributed by atoms with Crippen molar-refractivity contribution in [1.29, 1.82) is 0 Å². The molecule has 0 atom stereocenters. The Balaban J connectivity index is 2.33. The van der Waals surface area contributed by atoms with Crippen LogP contribution in [-0.2, 0) is 20.0 Å². The Hall–Kier alpha value is -1.84. The first-order valence-electron chi connectivity index (χ1n) is 6.54. The Morgan fingerprint density at radius 1 is 0.958 bits per heavy atom. The fraction of sp³-hybridized carbons (Fsp3) is 0.143. The summed E-state index contributed by atoms with van der Waals surface area (Å²) in [6.07, 6.45) is 0.901. The van der Waals surface area contributed by atoms with E-state index < -0.39 is 30.8 Å². The molecule has 0 heterocycles. The number of nitrogens with one attached hydrogen (secondary N) is 2. The monoisotopic (exact) mass is 392 g/mol. The van der Waals surface area contributed by atoms with Crippen LogP contribution in [0.2, 0.25) is 5.02 Å². The molecule has 2 rings (SSSR count). The van der Waals surface area contributed by atoms with Gasteiger partial charge in [0.05, 0.1) is 17.6 Å². The minimum atomic E-state index is -4.19. The van der Waals surface area contributed by atoms with Crippen molar-refractivity contribution < 1.29 is 21.2 Å². The van der Waals surface area contributed by atoms with Gasteiger partial charge in [-0.05, 0) is 42.8 Å². The second kappa shape index (κ2) is 6.58. The van der Waals surface area contributed by atoms with Gasteiger partial charge < -0.3 is 0 Å². The molecule has 0 spiro atoms. The molecule has 0 aliphatic carbocycles. The van der Waals surface area contributed by atoms with Crippen molar-refractivity contribution in [1.82, 2.24) is 0 Å². The van der Waals surface area contributed by atoms with E-state index in [1.807, 2.05) is 0 Å². The van der Waals surface area contributed by atoms with Crippen LogP contribution in [0.3, 0.4) is 0 Å². The number of hydrogen-bond donors (Lipinski definition) is 2. The molecule has 0 aliphatic heterocycles. The summed E-state index contributed by atoms with van der Waals surface area (Å²) in [5.74, 6) is -1.09. The highest BCUT2D eigenvalue weighted by Gasteiger charge is 2.20. The molecule has 0 saturated carbocycles. The van der Waals surface area contributed by atoms with E-state index in [4.69, 9.17) is 11.6 Å². The fourth-order valence-electron chi connectivity index (χ4n) is 1.86. The van der Waals surface area contributed by atoms with Gasteiger partial charge in [-0.3, -0.25) is 9.44 Å². The Morgan fingerprint density at radius 3 is 2.08 bits per heavy atom. The predicted molar refractivity (Wildman–Crippen MR) is 91.9 cm³/mol. The Bertz CT molecular complexity index is 992. The number of halogens is 2. The topological polar surface area (TPSA) is 92.3 Å². The summed E-state index contributed by atoms with van der Waals surface area (Å²) in [4.78, 5) is -0.613. The molecule has 0 amide bonds. The first-order valence-corrected chi connectivity index (χ1v) is 10.3. The maximum atomic E-state index is 14.1. The van der Waals surface area contributed by atoms with Crippen LogP contribution in [0.15, 0.2) is 41.3 Å². The quantitative estimate of drug-likeness (QED) is 0.818. The Labute approximate surface area is 144 Å². The maximum absolute atomic E-state index is 14.1.